The smallest absolute Gasteiger partial charge is 0.289 e. The van der Waals surface area contributed by atoms with Gasteiger partial charge in [0.15, 0.2) is 5.76 Å². The van der Waals surface area contributed by atoms with Crippen molar-refractivity contribution in [2.24, 2.45) is 5.73 Å². The Hall–Kier alpha value is -1.52. The van der Waals surface area contributed by atoms with Gasteiger partial charge in [-0.3, -0.25) is 4.79 Å². The minimum atomic E-state index is -0.0543. The number of halogens is 1. The molecule has 1 aliphatic rings. The zero-order chi connectivity index (χ0) is 12.5. The van der Waals surface area contributed by atoms with Crippen LogP contribution in [0.15, 0.2) is 34.7 Å². The lowest BCUT2D eigenvalue weighted by Crippen LogP contribution is -2.45. The summed E-state index contributed by atoms with van der Waals surface area (Å²) in [6, 6.07) is 9.54. The number of carbonyl (C=O) groups is 1. The van der Waals surface area contributed by atoms with Gasteiger partial charge in [-0.25, -0.2) is 0 Å². The first-order valence-corrected chi connectivity index (χ1v) is 6.27. The van der Waals surface area contributed by atoms with E-state index < -0.39 is 0 Å². The van der Waals surface area contributed by atoms with Crippen LogP contribution in [-0.4, -0.2) is 29.9 Å². The van der Waals surface area contributed by atoms with E-state index >= 15 is 0 Å². The average molecular weight is 281 g/mol. The van der Waals surface area contributed by atoms with Gasteiger partial charge in [-0.2, -0.15) is 0 Å². The lowest BCUT2D eigenvalue weighted by molar-refractivity contribution is 0.0679. The summed E-state index contributed by atoms with van der Waals surface area (Å²) in [7, 11) is 0. The maximum absolute atomic E-state index is 12.3. The first-order chi connectivity index (χ1) is 8.74. The molecule has 5 heteroatoms. The number of nitrogens with two attached hydrogens (primary N) is 1. The Bertz CT molecular complexity index is 549. The maximum atomic E-state index is 12.3. The van der Waals surface area contributed by atoms with Crippen molar-refractivity contribution in [2.75, 3.05) is 13.1 Å². The number of hydrogen-bond donors (Lipinski definition) is 1. The summed E-state index contributed by atoms with van der Waals surface area (Å²) >= 11 is 0. The third kappa shape index (κ3) is 2.74. The van der Waals surface area contributed by atoms with Crippen molar-refractivity contribution in [3.63, 3.8) is 0 Å². The molecule has 0 radical (unpaired) electrons. The molecule has 1 aromatic heterocycles. The molecule has 102 valence electrons. The number of piperidine rings is 1. The average Bonchev–Trinajstić information content (AvgIpc) is 2.81. The summed E-state index contributed by atoms with van der Waals surface area (Å²) in [4.78, 5) is 14.1. The summed E-state index contributed by atoms with van der Waals surface area (Å²) < 4.78 is 5.59. The van der Waals surface area contributed by atoms with Crippen LogP contribution < -0.4 is 5.73 Å². The van der Waals surface area contributed by atoms with Gasteiger partial charge in [0.05, 0.1) is 0 Å². The van der Waals surface area contributed by atoms with E-state index in [0.29, 0.717) is 12.3 Å². The minimum Gasteiger partial charge on any atom is -0.451 e. The molecule has 0 unspecified atom stereocenters. The zero-order valence-electron chi connectivity index (χ0n) is 10.5. The Labute approximate surface area is 118 Å². The molecule has 1 amide bonds. The van der Waals surface area contributed by atoms with E-state index in [1.807, 2.05) is 24.3 Å². The number of carbonyl (C=O) groups excluding carboxylic acids is 1. The van der Waals surface area contributed by atoms with E-state index in [9.17, 15) is 4.79 Å². The van der Waals surface area contributed by atoms with E-state index in [2.05, 4.69) is 0 Å². The molecule has 0 saturated carbocycles. The second-order valence-corrected chi connectivity index (χ2v) is 4.80. The van der Waals surface area contributed by atoms with Crippen LogP contribution in [0.5, 0.6) is 0 Å². The summed E-state index contributed by atoms with van der Waals surface area (Å²) in [5.41, 5.74) is 6.64. The van der Waals surface area contributed by atoms with Gasteiger partial charge in [-0.05, 0) is 25.0 Å². The summed E-state index contributed by atoms with van der Waals surface area (Å²) in [5, 5.41) is 0.960. The number of rotatable bonds is 1. The molecule has 4 nitrogen and oxygen atoms in total. The number of fused-ring (bicyclic) bond motifs is 1. The number of amides is 1. The van der Waals surface area contributed by atoms with Gasteiger partial charge >= 0.3 is 0 Å². The van der Waals surface area contributed by atoms with Crippen LogP contribution in [0, 0.1) is 0 Å². The molecular weight excluding hydrogens is 264 g/mol. The van der Waals surface area contributed by atoms with Crippen molar-refractivity contribution in [1.29, 1.82) is 0 Å². The number of furan rings is 1. The highest BCUT2D eigenvalue weighted by molar-refractivity contribution is 5.96. The fourth-order valence-electron chi connectivity index (χ4n) is 2.44. The normalized spacial score (nSPS) is 19.2. The van der Waals surface area contributed by atoms with Crippen LogP contribution in [0.4, 0.5) is 0 Å². The molecule has 0 spiro atoms. The predicted molar refractivity (Wildman–Crippen MR) is 76.6 cm³/mol. The Morgan fingerprint density at radius 2 is 2.16 bits per heavy atom. The van der Waals surface area contributed by atoms with Crippen molar-refractivity contribution < 1.29 is 9.21 Å². The highest BCUT2D eigenvalue weighted by Crippen LogP contribution is 2.21. The zero-order valence-corrected chi connectivity index (χ0v) is 11.4. The van der Waals surface area contributed by atoms with Gasteiger partial charge in [0.2, 0.25) is 0 Å². The molecule has 1 saturated heterocycles. The second kappa shape index (κ2) is 5.63. The summed E-state index contributed by atoms with van der Waals surface area (Å²) in [6.07, 6.45) is 1.96. The van der Waals surface area contributed by atoms with Gasteiger partial charge in [0.1, 0.15) is 5.58 Å². The van der Waals surface area contributed by atoms with Gasteiger partial charge in [0.25, 0.3) is 5.91 Å². The van der Waals surface area contributed by atoms with Crippen molar-refractivity contribution in [3.8, 4) is 0 Å². The highest BCUT2D eigenvalue weighted by Gasteiger charge is 2.24. The predicted octanol–water partition coefficient (Wildman–Crippen LogP) is 2.42. The van der Waals surface area contributed by atoms with E-state index in [0.717, 1.165) is 30.4 Å². The van der Waals surface area contributed by atoms with Crippen molar-refractivity contribution >= 4 is 29.3 Å². The summed E-state index contributed by atoms with van der Waals surface area (Å²) in [5.74, 6) is 0.353. The van der Waals surface area contributed by atoms with Crippen molar-refractivity contribution in [3.05, 3.63) is 36.1 Å². The largest absolute Gasteiger partial charge is 0.451 e. The van der Waals surface area contributed by atoms with Gasteiger partial charge in [0, 0.05) is 24.5 Å². The molecule has 0 bridgehead atoms. The van der Waals surface area contributed by atoms with E-state index in [-0.39, 0.29) is 24.4 Å². The van der Waals surface area contributed by atoms with Crippen LogP contribution in [0.25, 0.3) is 11.0 Å². The Morgan fingerprint density at radius 3 is 2.89 bits per heavy atom. The Balaban J connectivity index is 0.00000133. The molecule has 2 aromatic rings. The van der Waals surface area contributed by atoms with Crippen LogP contribution >= 0.6 is 12.4 Å². The SMILES string of the molecule is Cl.N[C@@H]1CCCN(C(=O)c2cc3ccccc3o2)C1. The fraction of sp³-hybridized carbons (Fsp3) is 0.357. The van der Waals surface area contributed by atoms with Crippen molar-refractivity contribution in [2.45, 2.75) is 18.9 Å². The number of benzene rings is 1. The molecule has 2 heterocycles. The topological polar surface area (TPSA) is 59.5 Å². The second-order valence-electron chi connectivity index (χ2n) is 4.80. The lowest BCUT2D eigenvalue weighted by atomic mass is 10.1. The standard InChI is InChI=1S/C14H16N2O2.ClH/c15-11-5-3-7-16(9-11)14(17)13-8-10-4-1-2-6-12(10)18-13;/h1-2,4,6,8,11H,3,5,7,9,15H2;1H/t11-;/m1./s1. The van der Waals surface area contributed by atoms with Gasteiger partial charge in [-0.1, -0.05) is 18.2 Å². The molecule has 1 aromatic carbocycles. The van der Waals surface area contributed by atoms with Crippen LogP contribution in [-0.2, 0) is 0 Å². The van der Waals surface area contributed by atoms with Gasteiger partial charge in [-0.15, -0.1) is 12.4 Å². The maximum Gasteiger partial charge on any atom is 0.289 e. The lowest BCUT2D eigenvalue weighted by Gasteiger charge is -2.29. The third-order valence-corrected chi connectivity index (χ3v) is 3.38. The third-order valence-electron chi connectivity index (χ3n) is 3.38. The molecule has 1 fully saturated rings. The molecule has 2 N–H and O–H groups in total. The molecule has 3 rings (SSSR count). The van der Waals surface area contributed by atoms with Crippen LogP contribution in [0.2, 0.25) is 0 Å². The number of nitrogens with zero attached hydrogens (tertiary/aromatic N) is 1. The minimum absolute atomic E-state index is 0. The van der Waals surface area contributed by atoms with Crippen LogP contribution in [0.1, 0.15) is 23.4 Å². The van der Waals surface area contributed by atoms with E-state index in [1.165, 1.54) is 0 Å². The van der Waals surface area contributed by atoms with Crippen LogP contribution in [0.3, 0.4) is 0 Å². The molecular formula is C14H17ClN2O2. The Morgan fingerprint density at radius 1 is 1.37 bits per heavy atom. The van der Waals surface area contributed by atoms with E-state index in [1.54, 1.807) is 11.0 Å². The fourth-order valence-corrected chi connectivity index (χ4v) is 2.44. The van der Waals surface area contributed by atoms with Gasteiger partial charge < -0.3 is 15.1 Å². The quantitative estimate of drug-likeness (QED) is 0.873. The van der Waals surface area contributed by atoms with E-state index in [4.69, 9.17) is 10.2 Å². The highest BCUT2D eigenvalue weighted by atomic mass is 35.5. The summed E-state index contributed by atoms with van der Waals surface area (Å²) in [6.45, 7) is 1.39. The molecule has 0 aliphatic carbocycles. The molecule has 19 heavy (non-hydrogen) atoms. The first kappa shape index (κ1) is 13.9. The number of para-hydroxylation sites is 1. The molecule has 1 atom stereocenters. The number of hydrogen-bond acceptors (Lipinski definition) is 3. The number of likely N-dealkylation sites (tertiary alicyclic amines) is 1. The van der Waals surface area contributed by atoms with Crippen molar-refractivity contribution in [1.82, 2.24) is 4.90 Å². The first-order valence-electron chi connectivity index (χ1n) is 6.27. The Kier molecular flexibility index (Phi) is 4.12. The molecule has 1 aliphatic heterocycles. The monoisotopic (exact) mass is 280 g/mol.